The average molecular weight is 333 g/mol. The molecule has 1 aromatic carbocycles. The number of hydrogen-bond acceptors (Lipinski definition) is 3. The molecule has 0 radical (unpaired) electrons. The van der Waals surface area contributed by atoms with Crippen LogP contribution in [0.1, 0.15) is 38.4 Å². The van der Waals surface area contributed by atoms with Gasteiger partial charge in [0.2, 0.25) is 0 Å². The number of H-pyrrole nitrogens is 1. The Labute approximate surface area is 141 Å². The molecule has 0 aliphatic rings. The van der Waals surface area contributed by atoms with Crippen LogP contribution in [0.3, 0.4) is 0 Å². The SMILES string of the molecule is CC(=NCCCOC(C)C)c1c(C)[nH]n(-c2ccc(F)cc2)c1=O. The van der Waals surface area contributed by atoms with Crippen molar-refractivity contribution < 1.29 is 9.13 Å². The summed E-state index contributed by atoms with van der Waals surface area (Å²) >= 11 is 0. The third-order valence-electron chi connectivity index (χ3n) is 3.62. The first kappa shape index (κ1) is 18.1. The lowest BCUT2D eigenvalue weighted by atomic mass is 10.2. The van der Waals surface area contributed by atoms with Crippen LogP contribution in [0.25, 0.3) is 5.69 Å². The van der Waals surface area contributed by atoms with Crippen molar-refractivity contribution in [3.8, 4) is 5.69 Å². The fourth-order valence-corrected chi connectivity index (χ4v) is 2.45. The van der Waals surface area contributed by atoms with E-state index in [0.717, 1.165) is 12.1 Å². The summed E-state index contributed by atoms with van der Waals surface area (Å²) in [6.45, 7) is 8.91. The largest absolute Gasteiger partial charge is 0.379 e. The van der Waals surface area contributed by atoms with E-state index in [1.54, 1.807) is 12.1 Å². The summed E-state index contributed by atoms with van der Waals surface area (Å²) < 4.78 is 19.9. The summed E-state index contributed by atoms with van der Waals surface area (Å²) in [5.41, 5.74) is 2.40. The highest BCUT2D eigenvalue weighted by Gasteiger charge is 2.14. The van der Waals surface area contributed by atoms with Gasteiger partial charge in [-0.2, -0.15) is 0 Å². The normalized spacial score (nSPS) is 12.2. The third-order valence-corrected chi connectivity index (χ3v) is 3.62. The number of hydrogen-bond donors (Lipinski definition) is 1. The van der Waals surface area contributed by atoms with E-state index in [9.17, 15) is 9.18 Å². The van der Waals surface area contributed by atoms with Crippen molar-refractivity contribution in [1.29, 1.82) is 0 Å². The van der Waals surface area contributed by atoms with Crippen LogP contribution >= 0.6 is 0 Å². The van der Waals surface area contributed by atoms with Crippen LogP contribution in [0.4, 0.5) is 4.39 Å². The minimum absolute atomic E-state index is 0.182. The Hall–Kier alpha value is -2.21. The Morgan fingerprint density at radius 3 is 2.62 bits per heavy atom. The van der Waals surface area contributed by atoms with Crippen LogP contribution in [-0.2, 0) is 4.74 Å². The first-order valence-corrected chi connectivity index (χ1v) is 8.10. The summed E-state index contributed by atoms with van der Waals surface area (Å²) in [6, 6.07) is 5.78. The number of nitrogens with one attached hydrogen (secondary N) is 1. The second-order valence-electron chi connectivity index (χ2n) is 5.97. The van der Waals surface area contributed by atoms with Gasteiger partial charge in [0.25, 0.3) is 5.56 Å². The molecule has 5 nitrogen and oxygen atoms in total. The van der Waals surface area contributed by atoms with Crippen LogP contribution in [0.15, 0.2) is 34.1 Å². The molecule has 0 saturated heterocycles. The van der Waals surface area contributed by atoms with Crippen LogP contribution in [-0.4, -0.2) is 34.7 Å². The molecule has 0 amide bonds. The summed E-state index contributed by atoms with van der Waals surface area (Å²) in [5, 5.41) is 3.02. The molecule has 2 rings (SSSR count). The van der Waals surface area contributed by atoms with Gasteiger partial charge < -0.3 is 4.74 Å². The van der Waals surface area contributed by atoms with Gasteiger partial charge in [-0.05, 0) is 58.4 Å². The topological polar surface area (TPSA) is 59.4 Å². The predicted molar refractivity (Wildman–Crippen MR) is 93.9 cm³/mol. The molecule has 24 heavy (non-hydrogen) atoms. The molecule has 2 aromatic rings. The zero-order valence-electron chi connectivity index (χ0n) is 14.6. The third kappa shape index (κ3) is 4.41. The molecule has 130 valence electrons. The van der Waals surface area contributed by atoms with Crippen molar-refractivity contribution in [3.05, 3.63) is 51.7 Å². The second kappa shape index (κ2) is 8.06. The number of ether oxygens (including phenoxy) is 1. The van der Waals surface area contributed by atoms with Crippen molar-refractivity contribution in [1.82, 2.24) is 9.78 Å². The molecular weight excluding hydrogens is 309 g/mol. The van der Waals surface area contributed by atoms with Gasteiger partial charge in [-0.15, -0.1) is 0 Å². The number of rotatable bonds is 7. The molecule has 0 fully saturated rings. The minimum atomic E-state index is -0.336. The lowest BCUT2D eigenvalue weighted by Crippen LogP contribution is -2.20. The first-order chi connectivity index (χ1) is 11.4. The quantitative estimate of drug-likeness (QED) is 0.625. The van der Waals surface area contributed by atoms with Gasteiger partial charge in [-0.25, -0.2) is 9.07 Å². The molecule has 0 spiro atoms. The summed E-state index contributed by atoms with van der Waals surface area (Å²) in [5.74, 6) is -0.336. The highest BCUT2D eigenvalue weighted by atomic mass is 19.1. The molecule has 0 bridgehead atoms. The Morgan fingerprint density at radius 1 is 1.33 bits per heavy atom. The molecule has 1 aromatic heterocycles. The maximum Gasteiger partial charge on any atom is 0.280 e. The smallest absolute Gasteiger partial charge is 0.280 e. The molecule has 1 N–H and O–H groups in total. The minimum Gasteiger partial charge on any atom is -0.379 e. The summed E-state index contributed by atoms with van der Waals surface area (Å²) in [6.07, 6.45) is 1.02. The van der Waals surface area contributed by atoms with Crippen LogP contribution in [0.2, 0.25) is 0 Å². The monoisotopic (exact) mass is 333 g/mol. The summed E-state index contributed by atoms with van der Waals surface area (Å²) in [4.78, 5) is 17.1. The lowest BCUT2D eigenvalue weighted by molar-refractivity contribution is 0.0783. The van der Waals surface area contributed by atoms with E-state index in [0.29, 0.717) is 30.1 Å². The van der Waals surface area contributed by atoms with Crippen LogP contribution < -0.4 is 5.56 Å². The van der Waals surface area contributed by atoms with E-state index in [-0.39, 0.29) is 17.5 Å². The molecule has 0 unspecified atom stereocenters. The predicted octanol–water partition coefficient (Wildman–Crippen LogP) is 3.24. The first-order valence-electron chi connectivity index (χ1n) is 8.10. The van der Waals surface area contributed by atoms with Crippen molar-refractivity contribution >= 4 is 5.71 Å². The number of aromatic nitrogens is 2. The van der Waals surface area contributed by atoms with E-state index in [4.69, 9.17) is 4.74 Å². The van der Waals surface area contributed by atoms with Crippen LogP contribution in [0, 0.1) is 12.7 Å². The van der Waals surface area contributed by atoms with Gasteiger partial charge in [-0.3, -0.25) is 14.9 Å². The van der Waals surface area contributed by atoms with Crippen molar-refractivity contribution in [3.63, 3.8) is 0 Å². The zero-order valence-corrected chi connectivity index (χ0v) is 14.6. The molecule has 6 heteroatoms. The van der Waals surface area contributed by atoms with E-state index >= 15 is 0 Å². The fourth-order valence-electron chi connectivity index (χ4n) is 2.45. The van der Waals surface area contributed by atoms with Crippen molar-refractivity contribution in [2.75, 3.05) is 13.2 Å². The van der Waals surface area contributed by atoms with Crippen molar-refractivity contribution in [2.45, 2.75) is 40.2 Å². The molecule has 1 heterocycles. The maximum absolute atomic E-state index is 13.0. The van der Waals surface area contributed by atoms with E-state index in [2.05, 4.69) is 10.1 Å². The standard InChI is InChI=1S/C18H24FN3O2/c1-12(2)24-11-5-10-20-13(3)17-14(4)21-22(18(17)23)16-8-6-15(19)7-9-16/h6-9,12,21H,5,10-11H2,1-4H3. The summed E-state index contributed by atoms with van der Waals surface area (Å²) in [7, 11) is 0. The van der Waals surface area contributed by atoms with Gasteiger partial charge in [-0.1, -0.05) is 0 Å². The highest BCUT2D eigenvalue weighted by molar-refractivity contribution is 5.99. The van der Waals surface area contributed by atoms with E-state index < -0.39 is 0 Å². The lowest BCUT2D eigenvalue weighted by Gasteiger charge is -2.05. The Morgan fingerprint density at radius 2 is 2.00 bits per heavy atom. The van der Waals surface area contributed by atoms with Gasteiger partial charge >= 0.3 is 0 Å². The Kier molecular flexibility index (Phi) is 6.09. The fraction of sp³-hybridized carbons (Fsp3) is 0.444. The molecular formula is C18H24FN3O2. The van der Waals surface area contributed by atoms with E-state index in [1.807, 2.05) is 27.7 Å². The average Bonchev–Trinajstić information content (AvgIpc) is 2.82. The second-order valence-corrected chi connectivity index (χ2v) is 5.97. The molecule has 0 atom stereocenters. The maximum atomic E-state index is 13.0. The number of aromatic amines is 1. The van der Waals surface area contributed by atoms with E-state index in [1.165, 1.54) is 16.8 Å². The van der Waals surface area contributed by atoms with Gasteiger partial charge in [0.15, 0.2) is 0 Å². The number of benzene rings is 1. The number of aryl methyl sites for hydroxylation is 1. The number of halogens is 1. The highest BCUT2D eigenvalue weighted by Crippen LogP contribution is 2.09. The number of nitrogens with zero attached hydrogens (tertiary/aromatic N) is 2. The number of aliphatic imine (C=N–C) groups is 1. The van der Waals surface area contributed by atoms with Gasteiger partial charge in [0.1, 0.15) is 5.82 Å². The van der Waals surface area contributed by atoms with Crippen molar-refractivity contribution in [2.24, 2.45) is 4.99 Å². The Bertz CT molecular complexity index is 758. The zero-order chi connectivity index (χ0) is 17.7. The molecule has 0 aliphatic carbocycles. The Balaban J connectivity index is 2.16. The van der Waals surface area contributed by atoms with Crippen LogP contribution in [0.5, 0.6) is 0 Å². The van der Waals surface area contributed by atoms with Gasteiger partial charge in [0.05, 0.1) is 17.4 Å². The van der Waals surface area contributed by atoms with Gasteiger partial charge in [0, 0.05) is 24.6 Å². The molecule has 0 saturated carbocycles. The molecule has 0 aliphatic heterocycles.